The fourth-order valence-electron chi connectivity index (χ4n) is 2.91. The number of hydrogen-bond donors (Lipinski definition) is 0. The van der Waals surface area contributed by atoms with E-state index in [9.17, 15) is 0 Å². The van der Waals surface area contributed by atoms with E-state index in [1.54, 1.807) is 0 Å². The Kier molecular flexibility index (Phi) is 4.92. The molecule has 1 heterocycles. The maximum Gasteiger partial charge on any atom is 0.171 e. The zero-order chi connectivity index (χ0) is 14.8. The summed E-state index contributed by atoms with van der Waals surface area (Å²) in [4.78, 5) is 2.50. The first-order valence-electron chi connectivity index (χ1n) is 7.88. The van der Waals surface area contributed by atoms with Crippen LogP contribution >= 0.6 is 0 Å². The van der Waals surface area contributed by atoms with Gasteiger partial charge in [0.2, 0.25) is 0 Å². The third-order valence-corrected chi connectivity index (χ3v) is 4.66. The van der Waals surface area contributed by atoms with Gasteiger partial charge in [-0.05, 0) is 49.0 Å². The molecule has 1 aromatic rings. The van der Waals surface area contributed by atoms with Crippen molar-refractivity contribution >= 4 is 14.7 Å². The van der Waals surface area contributed by atoms with E-state index in [4.69, 9.17) is 4.43 Å². The zero-order valence-corrected chi connectivity index (χ0v) is 14.8. The Bertz CT molecular complexity index is 433. The van der Waals surface area contributed by atoms with E-state index in [0.717, 1.165) is 0 Å². The smallest absolute Gasteiger partial charge is 0.171 e. The molecule has 2 nitrogen and oxygen atoms in total. The van der Waals surface area contributed by atoms with Gasteiger partial charge in [0.05, 0.1) is 6.10 Å². The summed E-state index contributed by atoms with van der Waals surface area (Å²) >= 11 is 0. The Balaban J connectivity index is 2.26. The van der Waals surface area contributed by atoms with Gasteiger partial charge in [0, 0.05) is 18.8 Å². The van der Waals surface area contributed by atoms with Crippen LogP contribution in [0.2, 0.25) is 13.1 Å². The van der Waals surface area contributed by atoms with E-state index in [2.05, 4.69) is 63.0 Å². The average molecular weight is 292 g/mol. The van der Waals surface area contributed by atoms with Crippen molar-refractivity contribution in [1.82, 2.24) is 0 Å². The fraction of sp³-hybridized carbons (Fsp3) is 0.647. The van der Waals surface area contributed by atoms with Gasteiger partial charge in [0.25, 0.3) is 0 Å². The molecule has 0 spiro atoms. The predicted molar refractivity (Wildman–Crippen MR) is 90.0 cm³/mol. The van der Waals surface area contributed by atoms with Crippen molar-refractivity contribution in [2.45, 2.75) is 52.8 Å². The highest BCUT2D eigenvalue weighted by Crippen LogP contribution is 2.38. The molecule has 20 heavy (non-hydrogen) atoms. The second kappa shape index (κ2) is 6.31. The first kappa shape index (κ1) is 15.6. The lowest BCUT2D eigenvalue weighted by molar-refractivity contribution is 0.0866. The highest BCUT2D eigenvalue weighted by molar-refractivity contribution is 6.48. The lowest BCUT2D eigenvalue weighted by atomic mass is 9.84. The zero-order valence-electron chi connectivity index (χ0n) is 13.6. The van der Waals surface area contributed by atoms with Crippen LogP contribution in [0, 0.1) is 5.41 Å². The molecule has 1 aliphatic heterocycles. The van der Waals surface area contributed by atoms with Crippen molar-refractivity contribution in [1.29, 1.82) is 0 Å². The minimum Gasteiger partial charge on any atom is -0.413 e. The molecule has 3 heteroatoms. The fourth-order valence-corrected chi connectivity index (χ4v) is 4.02. The van der Waals surface area contributed by atoms with Crippen molar-refractivity contribution in [3.8, 4) is 0 Å². The van der Waals surface area contributed by atoms with E-state index in [1.807, 2.05) is 0 Å². The van der Waals surface area contributed by atoms with Gasteiger partial charge in [-0.2, -0.15) is 0 Å². The molecule has 0 radical (unpaired) electrons. The van der Waals surface area contributed by atoms with Gasteiger partial charge >= 0.3 is 0 Å². The Hall–Kier alpha value is -0.803. The Labute approximate surface area is 125 Å². The van der Waals surface area contributed by atoms with E-state index in [-0.39, 0.29) is 11.5 Å². The first-order valence-corrected chi connectivity index (χ1v) is 10.7. The van der Waals surface area contributed by atoms with Crippen LogP contribution in [0.15, 0.2) is 24.3 Å². The second-order valence-electron chi connectivity index (χ2n) is 7.22. The van der Waals surface area contributed by atoms with Crippen molar-refractivity contribution in [2.75, 3.05) is 18.0 Å². The molecule has 2 rings (SSSR count). The number of rotatable bonds is 4. The van der Waals surface area contributed by atoms with E-state index in [0.29, 0.717) is 0 Å². The quantitative estimate of drug-likeness (QED) is 0.764. The summed E-state index contributed by atoms with van der Waals surface area (Å²) in [5, 5.41) is 0. The van der Waals surface area contributed by atoms with Gasteiger partial charge in [-0.15, -0.1) is 0 Å². The molecule has 0 aliphatic carbocycles. The van der Waals surface area contributed by atoms with Crippen LogP contribution in [0.3, 0.4) is 0 Å². The lowest BCUT2D eigenvalue weighted by Crippen LogP contribution is -2.26. The summed E-state index contributed by atoms with van der Waals surface area (Å²) < 4.78 is 6.34. The minimum atomic E-state index is -1.05. The molecule has 0 N–H and O–H groups in total. The maximum absolute atomic E-state index is 6.34. The third kappa shape index (κ3) is 3.86. The predicted octanol–water partition coefficient (Wildman–Crippen LogP) is 4.37. The highest BCUT2D eigenvalue weighted by atomic mass is 28.3. The number of nitrogens with zero attached hydrogens (tertiary/aromatic N) is 1. The van der Waals surface area contributed by atoms with Crippen LogP contribution in [-0.2, 0) is 4.43 Å². The molecule has 1 fully saturated rings. The van der Waals surface area contributed by atoms with Crippen molar-refractivity contribution in [2.24, 2.45) is 5.41 Å². The normalized spacial score (nSPS) is 17.8. The molecule has 1 aromatic carbocycles. The molecule has 0 saturated carbocycles. The Morgan fingerprint density at radius 3 is 2.35 bits per heavy atom. The number of anilines is 1. The molecule has 0 amide bonds. The third-order valence-electron chi connectivity index (χ3n) is 3.84. The first-order chi connectivity index (χ1) is 9.38. The monoisotopic (exact) mass is 291 g/mol. The topological polar surface area (TPSA) is 12.5 Å². The van der Waals surface area contributed by atoms with Crippen LogP contribution in [0.5, 0.6) is 0 Å². The van der Waals surface area contributed by atoms with Gasteiger partial charge in [-0.1, -0.05) is 32.9 Å². The molecule has 1 unspecified atom stereocenters. The number of benzene rings is 1. The molecule has 1 aliphatic rings. The average Bonchev–Trinajstić information content (AvgIpc) is 2.88. The summed E-state index contributed by atoms with van der Waals surface area (Å²) in [6.07, 6.45) is 2.85. The maximum atomic E-state index is 6.34. The molecule has 0 aromatic heterocycles. The Morgan fingerprint density at radius 1 is 1.15 bits per heavy atom. The largest absolute Gasteiger partial charge is 0.413 e. The minimum absolute atomic E-state index is 0.140. The second-order valence-corrected chi connectivity index (χ2v) is 9.59. The molecule has 0 bridgehead atoms. The Morgan fingerprint density at radius 2 is 1.80 bits per heavy atom. The van der Waals surface area contributed by atoms with Gasteiger partial charge in [-0.3, -0.25) is 0 Å². The molecular formula is C17H29NOSi. The standard InChI is InChI=1S/C17H29NOSi/c1-17(2,3)16(19-20(4)5)14-9-8-10-15(13-14)18-11-6-7-12-18/h8-10,13,16,20H,6-7,11-12H2,1-5H3. The van der Waals surface area contributed by atoms with Gasteiger partial charge in [0.1, 0.15) is 0 Å². The van der Waals surface area contributed by atoms with Gasteiger partial charge in [-0.25, -0.2) is 0 Å². The van der Waals surface area contributed by atoms with Crippen LogP contribution in [0.4, 0.5) is 5.69 Å². The molecule has 112 valence electrons. The summed E-state index contributed by atoms with van der Waals surface area (Å²) in [7, 11) is -1.05. The van der Waals surface area contributed by atoms with Crippen LogP contribution in [0.25, 0.3) is 0 Å². The van der Waals surface area contributed by atoms with Crippen molar-refractivity contribution in [3.63, 3.8) is 0 Å². The summed E-state index contributed by atoms with van der Waals surface area (Å²) in [5.74, 6) is 0. The molecule has 1 saturated heterocycles. The SMILES string of the molecule is C[SiH](C)OC(c1cccc(N2CCCC2)c1)C(C)(C)C. The molecule has 1 atom stereocenters. The number of hydrogen-bond acceptors (Lipinski definition) is 2. The van der Waals surface area contributed by atoms with Crippen LogP contribution in [0.1, 0.15) is 45.3 Å². The van der Waals surface area contributed by atoms with Crippen molar-refractivity contribution in [3.05, 3.63) is 29.8 Å². The van der Waals surface area contributed by atoms with Crippen molar-refractivity contribution < 1.29 is 4.43 Å². The highest BCUT2D eigenvalue weighted by Gasteiger charge is 2.28. The lowest BCUT2D eigenvalue weighted by Gasteiger charge is -2.33. The summed E-state index contributed by atoms with van der Waals surface area (Å²) in [6.45, 7) is 13.7. The van der Waals surface area contributed by atoms with E-state index >= 15 is 0 Å². The summed E-state index contributed by atoms with van der Waals surface area (Å²) in [5.41, 5.74) is 2.84. The van der Waals surface area contributed by atoms with Gasteiger partial charge < -0.3 is 9.33 Å². The van der Waals surface area contributed by atoms with Crippen LogP contribution in [-0.4, -0.2) is 22.1 Å². The van der Waals surface area contributed by atoms with E-state index in [1.165, 1.54) is 37.2 Å². The molecular weight excluding hydrogens is 262 g/mol. The van der Waals surface area contributed by atoms with Crippen LogP contribution < -0.4 is 4.90 Å². The van der Waals surface area contributed by atoms with E-state index < -0.39 is 9.04 Å². The van der Waals surface area contributed by atoms with Gasteiger partial charge in [0.15, 0.2) is 9.04 Å². The summed E-state index contributed by atoms with van der Waals surface area (Å²) in [6, 6.07) is 9.00.